The highest BCUT2D eigenvalue weighted by Crippen LogP contribution is 2.29. The minimum Gasteiger partial charge on any atom is -0.336 e. The smallest absolute Gasteiger partial charge is 0.336 e. The Morgan fingerprint density at radius 3 is 2.07 bits per heavy atom. The summed E-state index contributed by atoms with van der Waals surface area (Å²) < 4.78 is 38.0. The number of hydrogen-bond donors (Lipinski definition) is 1. The summed E-state index contributed by atoms with van der Waals surface area (Å²) >= 11 is 0. The second kappa shape index (κ2) is 8.92. The fourth-order valence-corrected chi connectivity index (χ4v) is 2.43. The number of rotatable bonds is 3. The number of benzene rings is 3. The lowest BCUT2D eigenvalue weighted by Gasteiger charge is -2.11. The molecule has 3 aromatic carbocycles. The quantitative estimate of drug-likeness (QED) is 0.375. The van der Waals surface area contributed by atoms with E-state index in [1.807, 2.05) is 12.1 Å². The second-order valence-corrected chi connectivity index (χ2v) is 6.05. The van der Waals surface area contributed by atoms with E-state index in [1.165, 1.54) is 0 Å². The van der Waals surface area contributed by atoms with Crippen LogP contribution >= 0.6 is 0 Å². The van der Waals surface area contributed by atoms with E-state index < -0.39 is 17.7 Å². The molecule has 0 aliphatic carbocycles. The third kappa shape index (κ3) is 5.23. The van der Waals surface area contributed by atoms with Gasteiger partial charge in [-0.05, 0) is 60.7 Å². The largest absolute Gasteiger partial charge is 0.416 e. The average Bonchev–Trinajstić information content (AvgIpc) is 2.76. The molecule has 5 nitrogen and oxygen atoms in total. The van der Waals surface area contributed by atoms with Crippen molar-refractivity contribution in [1.29, 1.82) is 5.26 Å². The summed E-state index contributed by atoms with van der Waals surface area (Å²) in [5.74, 6) is -0.691. The normalized spacial score (nSPS) is 11.5. The number of nitrogens with zero attached hydrogens (tertiary/aromatic N) is 2. The molecule has 0 saturated carbocycles. The van der Waals surface area contributed by atoms with E-state index in [1.54, 1.807) is 48.5 Å². The monoisotopic (exact) mass is 409 g/mol. The fraction of sp³-hybridized carbons (Fsp3) is 0.0455. The van der Waals surface area contributed by atoms with Gasteiger partial charge in [0, 0.05) is 5.56 Å². The summed E-state index contributed by atoms with van der Waals surface area (Å²) in [5, 5.41) is 8.94. The molecule has 0 aliphatic heterocycles. The van der Waals surface area contributed by atoms with Gasteiger partial charge in [0.1, 0.15) is 0 Å². The Balaban J connectivity index is 1.80. The first-order valence-corrected chi connectivity index (χ1v) is 8.65. The molecule has 0 aromatic heterocycles. The molecule has 150 valence electrons. The van der Waals surface area contributed by atoms with Crippen molar-refractivity contribution in [2.45, 2.75) is 6.18 Å². The number of nitrogens with one attached hydrogen (secondary N) is 1. The van der Waals surface area contributed by atoms with Crippen molar-refractivity contribution in [2.24, 2.45) is 4.99 Å². The minimum atomic E-state index is -4.49. The highest BCUT2D eigenvalue weighted by atomic mass is 19.4. The molecule has 0 bridgehead atoms. The first-order valence-electron chi connectivity index (χ1n) is 8.65. The summed E-state index contributed by atoms with van der Waals surface area (Å²) in [6, 6.07) is 20.9. The molecule has 0 spiro atoms. The SMILES string of the molecule is N#Cc1ccc(C(=Nc2ccccc2)NOC(=O)c2ccc(C(F)(F)F)cc2)cc1. The molecule has 0 aliphatic rings. The summed E-state index contributed by atoms with van der Waals surface area (Å²) in [6.45, 7) is 0. The first kappa shape index (κ1) is 20.6. The second-order valence-electron chi connectivity index (χ2n) is 6.05. The lowest BCUT2D eigenvalue weighted by molar-refractivity contribution is -0.137. The van der Waals surface area contributed by atoms with E-state index in [-0.39, 0.29) is 11.4 Å². The molecule has 8 heteroatoms. The van der Waals surface area contributed by atoms with E-state index in [0.717, 1.165) is 24.3 Å². The van der Waals surface area contributed by atoms with E-state index in [2.05, 4.69) is 10.5 Å². The number of aliphatic imine (C=N–C) groups is 1. The number of nitriles is 1. The zero-order chi connectivity index (χ0) is 21.6. The van der Waals surface area contributed by atoms with E-state index in [9.17, 15) is 18.0 Å². The van der Waals surface area contributed by atoms with Crippen molar-refractivity contribution in [2.75, 3.05) is 0 Å². The fourth-order valence-electron chi connectivity index (χ4n) is 2.43. The van der Waals surface area contributed by atoms with Crippen molar-refractivity contribution >= 4 is 17.5 Å². The lowest BCUT2D eigenvalue weighted by Crippen LogP contribution is -2.28. The molecule has 0 unspecified atom stereocenters. The number of amidine groups is 1. The summed E-state index contributed by atoms with van der Waals surface area (Å²) in [7, 11) is 0. The van der Waals surface area contributed by atoms with Crippen LogP contribution in [0.2, 0.25) is 0 Å². The topological polar surface area (TPSA) is 74.5 Å². The van der Waals surface area contributed by atoms with Gasteiger partial charge in [0.15, 0.2) is 5.84 Å². The van der Waals surface area contributed by atoms with Gasteiger partial charge in [-0.15, -0.1) is 0 Å². The Morgan fingerprint density at radius 2 is 1.50 bits per heavy atom. The van der Waals surface area contributed by atoms with Crippen LogP contribution in [-0.4, -0.2) is 11.8 Å². The molecular weight excluding hydrogens is 395 g/mol. The van der Waals surface area contributed by atoms with Gasteiger partial charge in [-0.2, -0.15) is 23.9 Å². The van der Waals surface area contributed by atoms with E-state index >= 15 is 0 Å². The van der Waals surface area contributed by atoms with E-state index in [0.29, 0.717) is 16.8 Å². The summed E-state index contributed by atoms with van der Waals surface area (Å²) in [6.07, 6.45) is -4.49. The number of hydrogen-bond acceptors (Lipinski definition) is 4. The molecule has 3 aromatic rings. The Labute approximate surface area is 170 Å². The third-order valence-corrected chi connectivity index (χ3v) is 3.97. The summed E-state index contributed by atoms with van der Waals surface area (Å²) in [5.41, 5.74) is 3.10. The van der Waals surface area contributed by atoms with Gasteiger partial charge in [0.05, 0.1) is 28.4 Å². The van der Waals surface area contributed by atoms with Crippen LogP contribution in [0.25, 0.3) is 0 Å². The standard InChI is InChI=1S/C22H14F3N3O2/c23-22(24,25)18-12-10-17(11-13-18)21(29)30-28-20(27-19-4-2-1-3-5-19)16-8-6-15(14-26)7-9-16/h1-13H,(H,27,28). The van der Waals surface area contributed by atoms with Gasteiger partial charge in [-0.1, -0.05) is 18.2 Å². The molecule has 30 heavy (non-hydrogen) atoms. The van der Waals surface area contributed by atoms with Crippen LogP contribution in [0.15, 0.2) is 83.9 Å². The molecule has 0 radical (unpaired) electrons. The van der Waals surface area contributed by atoms with Crippen molar-refractivity contribution in [3.05, 3.63) is 101 Å². The Hall–Kier alpha value is -4.12. The molecule has 1 N–H and O–H groups in total. The molecule has 0 fully saturated rings. The maximum atomic E-state index is 12.7. The molecule has 0 amide bonds. The van der Waals surface area contributed by atoms with Crippen molar-refractivity contribution in [3.8, 4) is 6.07 Å². The van der Waals surface area contributed by atoms with Crippen molar-refractivity contribution in [1.82, 2.24) is 5.48 Å². The maximum absolute atomic E-state index is 12.7. The van der Waals surface area contributed by atoms with Gasteiger partial charge in [-0.3, -0.25) is 0 Å². The van der Waals surface area contributed by atoms with Gasteiger partial charge < -0.3 is 4.84 Å². The van der Waals surface area contributed by atoms with Crippen LogP contribution in [0.4, 0.5) is 18.9 Å². The molecule has 0 atom stereocenters. The van der Waals surface area contributed by atoms with Crippen LogP contribution in [0, 0.1) is 11.3 Å². The Bertz CT molecular complexity index is 1090. The number of carbonyl (C=O) groups is 1. The highest BCUT2D eigenvalue weighted by Gasteiger charge is 2.30. The van der Waals surface area contributed by atoms with Crippen LogP contribution in [-0.2, 0) is 11.0 Å². The van der Waals surface area contributed by atoms with Gasteiger partial charge in [0.25, 0.3) is 0 Å². The van der Waals surface area contributed by atoms with Crippen LogP contribution in [0.1, 0.15) is 27.0 Å². The van der Waals surface area contributed by atoms with Crippen LogP contribution in [0.5, 0.6) is 0 Å². The Morgan fingerprint density at radius 1 is 0.900 bits per heavy atom. The molecular formula is C22H14F3N3O2. The summed E-state index contributed by atoms with van der Waals surface area (Å²) in [4.78, 5) is 21.7. The number of para-hydroxylation sites is 1. The maximum Gasteiger partial charge on any atom is 0.416 e. The number of halogens is 3. The highest BCUT2D eigenvalue weighted by molar-refractivity contribution is 6.01. The molecule has 0 heterocycles. The number of carbonyl (C=O) groups excluding carboxylic acids is 1. The van der Waals surface area contributed by atoms with E-state index in [4.69, 9.17) is 10.1 Å². The van der Waals surface area contributed by atoms with Gasteiger partial charge in [-0.25, -0.2) is 9.79 Å². The zero-order valence-electron chi connectivity index (χ0n) is 15.4. The van der Waals surface area contributed by atoms with Crippen LogP contribution < -0.4 is 5.48 Å². The van der Waals surface area contributed by atoms with Crippen LogP contribution in [0.3, 0.4) is 0 Å². The number of alkyl halides is 3. The zero-order valence-corrected chi connectivity index (χ0v) is 15.4. The minimum absolute atomic E-state index is 0.0608. The predicted octanol–water partition coefficient (Wildman–Crippen LogP) is 5.02. The lowest BCUT2D eigenvalue weighted by atomic mass is 10.1. The number of hydroxylamine groups is 1. The average molecular weight is 409 g/mol. The first-order chi connectivity index (χ1) is 14.4. The Kier molecular flexibility index (Phi) is 6.13. The predicted molar refractivity (Wildman–Crippen MR) is 104 cm³/mol. The van der Waals surface area contributed by atoms with Gasteiger partial charge in [0.2, 0.25) is 0 Å². The molecule has 0 saturated heterocycles. The van der Waals surface area contributed by atoms with Gasteiger partial charge >= 0.3 is 12.1 Å². The van der Waals surface area contributed by atoms with Crippen molar-refractivity contribution < 1.29 is 22.8 Å². The van der Waals surface area contributed by atoms with Crippen molar-refractivity contribution in [3.63, 3.8) is 0 Å². The molecule has 3 rings (SSSR count). The third-order valence-electron chi connectivity index (χ3n) is 3.97.